The van der Waals surface area contributed by atoms with Crippen LogP contribution in [0.25, 0.3) is 0 Å². The Morgan fingerprint density at radius 2 is 1.90 bits per heavy atom. The zero-order valence-electron chi connectivity index (χ0n) is 11.9. The Kier molecular flexibility index (Phi) is 5.09. The molecule has 0 atom stereocenters. The van der Waals surface area contributed by atoms with Gasteiger partial charge >= 0.3 is 6.01 Å². The summed E-state index contributed by atoms with van der Waals surface area (Å²) < 4.78 is 10.9. The van der Waals surface area contributed by atoms with Gasteiger partial charge in [-0.1, -0.05) is 6.07 Å². The molecule has 2 rings (SSSR count). The molecular formula is C15H17N3O3. The quantitative estimate of drug-likeness (QED) is 0.881. The van der Waals surface area contributed by atoms with E-state index in [4.69, 9.17) is 9.47 Å². The lowest BCUT2D eigenvalue weighted by Gasteiger charge is -2.10. The van der Waals surface area contributed by atoms with Crippen molar-refractivity contribution in [2.75, 3.05) is 6.61 Å². The van der Waals surface area contributed by atoms with Gasteiger partial charge in [-0.25, -0.2) is 9.97 Å². The number of nitrogens with one attached hydrogen (secondary N) is 1. The van der Waals surface area contributed by atoms with E-state index in [0.717, 1.165) is 0 Å². The van der Waals surface area contributed by atoms with Crippen molar-refractivity contribution >= 4 is 5.91 Å². The van der Waals surface area contributed by atoms with Crippen LogP contribution in [0.5, 0.6) is 17.5 Å². The second-order valence-corrected chi connectivity index (χ2v) is 4.62. The van der Waals surface area contributed by atoms with E-state index in [0.29, 0.717) is 11.5 Å². The molecule has 2 aromatic rings. The topological polar surface area (TPSA) is 73.3 Å². The third-order valence-corrected chi connectivity index (χ3v) is 2.38. The summed E-state index contributed by atoms with van der Waals surface area (Å²) >= 11 is 0. The Bertz CT molecular complexity index is 588. The Labute approximate surface area is 123 Å². The molecule has 6 heteroatoms. The molecule has 0 spiro atoms. The second kappa shape index (κ2) is 7.23. The predicted molar refractivity (Wildman–Crippen MR) is 77.3 cm³/mol. The minimum atomic E-state index is -0.164. The lowest BCUT2D eigenvalue weighted by atomic mass is 10.3. The average molecular weight is 287 g/mol. The van der Waals surface area contributed by atoms with Crippen molar-refractivity contribution < 1.29 is 14.3 Å². The second-order valence-electron chi connectivity index (χ2n) is 4.62. The number of carbonyl (C=O) groups excluding carboxylic acids is 1. The number of rotatable bonds is 6. The highest BCUT2D eigenvalue weighted by Gasteiger charge is 2.06. The molecule has 0 unspecified atom stereocenters. The first-order chi connectivity index (χ1) is 10.1. The van der Waals surface area contributed by atoms with Crippen LogP contribution >= 0.6 is 0 Å². The van der Waals surface area contributed by atoms with E-state index in [1.165, 1.54) is 0 Å². The molecule has 0 saturated carbocycles. The monoisotopic (exact) mass is 287 g/mol. The maximum atomic E-state index is 11.5. The van der Waals surface area contributed by atoms with Crippen LogP contribution in [0.3, 0.4) is 0 Å². The van der Waals surface area contributed by atoms with Crippen LogP contribution in [0.1, 0.15) is 13.8 Å². The van der Waals surface area contributed by atoms with Crippen molar-refractivity contribution in [3.63, 3.8) is 0 Å². The average Bonchev–Trinajstić information content (AvgIpc) is 2.46. The van der Waals surface area contributed by atoms with Gasteiger partial charge in [0.05, 0.1) is 0 Å². The van der Waals surface area contributed by atoms with Gasteiger partial charge in [-0.2, -0.15) is 0 Å². The highest BCUT2D eigenvalue weighted by atomic mass is 16.5. The molecular weight excluding hydrogens is 270 g/mol. The van der Waals surface area contributed by atoms with E-state index in [-0.39, 0.29) is 24.6 Å². The Morgan fingerprint density at radius 3 is 2.62 bits per heavy atom. The minimum absolute atomic E-state index is 0.0382. The van der Waals surface area contributed by atoms with Crippen LogP contribution in [0.2, 0.25) is 0 Å². The normalized spacial score (nSPS) is 10.2. The summed E-state index contributed by atoms with van der Waals surface area (Å²) in [7, 11) is 0. The Balaban J connectivity index is 1.93. The number of benzene rings is 1. The number of aromatic nitrogens is 2. The number of nitrogens with zero attached hydrogens (tertiary/aromatic N) is 2. The van der Waals surface area contributed by atoms with Crippen molar-refractivity contribution in [3.05, 3.63) is 42.7 Å². The SMILES string of the molecule is CC(C)NC(=O)COc1cccc(Oc2ncccn2)c1. The molecule has 6 nitrogen and oxygen atoms in total. The molecule has 0 aliphatic rings. The van der Waals surface area contributed by atoms with Crippen molar-refractivity contribution in [1.82, 2.24) is 15.3 Å². The molecule has 0 aliphatic heterocycles. The molecule has 1 amide bonds. The summed E-state index contributed by atoms with van der Waals surface area (Å²) in [6.07, 6.45) is 3.19. The molecule has 1 N–H and O–H groups in total. The molecule has 1 heterocycles. The molecule has 0 fully saturated rings. The molecule has 0 bridgehead atoms. The van der Waals surface area contributed by atoms with Crippen LogP contribution in [0.4, 0.5) is 0 Å². The molecule has 1 aromatic heterocycles. The van der Waals surface area contributed by atoms with Gasteiger partial charge in [0.25, 0.3) is 5.91 Å². The van der Waals surface area contributed by atoms with Crippen molar-refractivity contribution in [1.29, 1.82) is 0 Å². The maximum Gasteiger partial charge on any atom is 0.321 e. The van der Waals surface area contributed by atoms with Crippen LogP contribution in [-0.2, 0) is 4.79 Å². The highest BCUT2D eigenvalue weighted by molar-refractivity contribution is 5.77. The van der Waals surface area contributed by atoms with E-state index in [1.807, 2.05) is 13.8 Å². The van der Waals surface area contributed by atoms with E-state index < -0.39 is 0 Å². The van der Waals surface area contributed by atoms with E-state index in [1.54, 1.807) is 42.7 Å². The number of amides is 1. The summed E-state index contributed by atoms with van der Waals surface area (Å²) in [6.45, 7) is 3.75. The number of hydrogen-bond donors (Lipinski definition) is 1. The van der Waals surface area contributed by atoms with E-state index in [2.05, 4.69) is 15.3 Å². The first kappa shape index (κ1) is 14.8. The molecule has 0 radical (unpaired) electrons. The summed E-state index contributed by atoms with van der Waals surface area (Å²) in [5.74, 6) is 0.924. The summed E-state index contributed by atoms with van der Waals surface area (Å²) in [5.41, 5.74) is 0. The molecule has 0 saturated heterocycles. The Morgan fingerprint density at radius 1 is 1.19 bits per heavy atom. The van der Waals surface area contributed by atoms with Gasteiger partial charge in [-0.05, 0) is 32.0 Å². The largest absolute Gasteiger partial charge is 0.484 e. The van der Waals surface area contributed by atoms with Gasteiger partial charge in [-0.3, -0.25) is 4.79 Å². The van der Waals surface area contributed by atoms with Gasteiger partial charge in [0.1, 0.15) is 11.5 Å². The number of hydrogen-bond acceptors (Lipinski definition) is 5. The number of carbonyl (C=O) groups is 1. The van der Waals surface area contributed by atoms with Crippen molar-refractivity contribution in [3.8, 4) is 17.5 Å². The molecule has 1 aromatic carbocycles. The fraction of sp³-hybridized carbons (Fsp3) is 0.267. The van der Waals surface area contributed by atoms with Crippen LogP contribution in [0.15, 0.2) is 42.7 Å². The fourth-order valence-corrected chi connectivity index (χ4v) is 1.58. The summed E-state index contributed by atoms with van der Waals surface area (Å²) in [4.78, 5) is 19.5. The Hall–Kier alpha value is -2.63. The van der Waals surface area contributed by atoms with Crippen LogP contribution < -0.4 is 14.8 Å². The number of ether oxygens (including phenoxy) is 2. The standard InChI is InChI=1S/C15H17N3O3/c1-11(2)18-14(19)10-20-12-5-3-6-13(9-12)21-15-16-7-4-8-17-15/h3-9,11H,10H2,1-2H3,(H,18,19). The lowest BCUT2D eigenvalue weighted by molar-refractivity contribution is -0.123. The zero-order chi connectivity index (χ0) is 15.1. The zero-order valence-corrected chi connectivity index (χ0v) is 11.9. The summed E-state index contributed by atoms with van der Waals surface area (Å²) in [5, 5.41) is 2.75. The highest BCUT2D eigenvalue weighted by Crippen LogP contribution is 2.22. The smallest absolute Gasteiger partial charge is 0.321 e. The third-order valence-electron chi connectivity index (χ3n) is 2.38. The van der Waals surface area contributed by atoms with E-state index in [9.17, 15) is 4.79 Å². The maximum absolute atomic E-state index is 11.5. The first-order valence-electron chi connectivity index (χ1n) is 6.60. The molecule has 110 valence electrons. The minimum Gasteiger partial charge on any atom is -0.484 e. The van der Waals surface area contributed by atoms with Crippen molar-refractivity contribution in [2.45, 2.75) is 19.9 Å². The van der Waals surface area contributed by atoms with Gasteiger partial charge in [0.2, 0.25) is 0 Å². The van der Waals surface area contributed by atoms with Crippen LogP contribution in [0, 0.1) is 0 Å². The van der Waals surface area contributed by atoms with Gasteiger partial charge in [-0.15, -0.1) is 0 Å². The lowest BCUT2D eigenvalue weighted by Crippen LogP contribution is -2.34. The first-order valence-corrected chi connectivity index (χ1v) is 6.60. The molecule has 0 aliphatic carbocycles. The fourth-order valence-electron chi connectivity index (χ4n) is 1.58. The van der Waals surface area contributed by atoms with E-state index >= 15 is 0 Å². The summed E-state index contributed by atoms with van der Waals surface area (Å²) in [6, 6.07) is 9.02. The molecule has 21 heavy (non-hydrogen) atoms. The van der Waals surface area contributed by atoms with Crippen LogP contribution in [-0.4, -0.2) is 28.5 Å². The van der Waals surface area contributed by atoms with Gasteiger partial charge < -0.3 is 14.8 Å². The third kappa shape index (κ3) is 5.10. The van der Waals surface area contributed by atoms with Crippen molar-refractivity contribution in [2.24, 2.45) is 0 Å². The van der Waals surface area contributed by atoms with Gasteiger partial charge in [0.15, 0.2) is 6.61 Å². The van der Waals surface area contributed by atoms with Gasteiger partial charge in [0, 0.05) is 24.5 Å². The predicted octanol–water partition coefficient (Wildman–Crippen LogP) is 2.17.